The first-order chi connectivity index (χ1) is 19.4. The van der Waals surface area contributed by atoms with Crippen LogP contribution in [0.1, 0.15) is 50.2 Å². The van der Waals surface area contributed by atoms with Crippen LogP contribution in [0.3, 0.4) is 0 Å². The van der Waals surface area contributed by atoms with Gasteiger partial charge in [0.1, 0.15) is 28.9 Å². The third-order valence-electron chi connectivity index (χ3n) is 10.6. The zero-order valence-electron chi connectivity index (χ0n) is 24.2. The van der Waals surface area contributed by atoms with E-state index in [0.29, 0.717) is 23.3 Å². The van der Waals surface area contributed by atoms with E-state index >= 15 is 0 Å². The maximum atomic E-state index is 14.5. The van der Waals surface area contributed by atoms with E-state index in [9.17, 15) is 24.9 Å². The number of carbonyl (C=O) groups excluding carboxylic acids is 2. The van der Waals surface area contributed by atoms with E-state index in [1.165, 1.54) is 7.11 Å². The number of nitrogens with zero attached hydrogens (tertiary/aromatic N) is 1. The van der Waals surface area contributed by atoms with Gasteiger partial charge in [0.2, 0.25) is 0 Å². The zero-order chi connectivity index (χ0) is 29.6. The van der Waals surface area contributed by atoms with Crippen molar-refractivity contribution in [3.63, 3.8) is 0 Å². The summed E-state index contributed by atoms with van der Waals surface area (Å²) >= 11 is 0. The van der Waals surface area contributed by atoms with Crippen molar-refractivity contribution in [3.8, 4) is 17.0 Å². The highest BCUT2D eigenvalue weighted by atomic mass is 16.6. The molecule has 1 heterocycles. The summed E-state index contributed by atoms with van der Waals surface area (Å²) in [5.41, 5.74) is -2.43. The number of esters is 1. The number of rotatable bonds is 5. The Morgan fingerprint density at radius 1 is 1.22 bits per heavy atom. The van der Waals surface area contributed by atoms with E-state index in [2.05, 4.69) is 19.0 Å². The molecule has 2 aromatic rings. The van der Waals surface area contributed by atoms with Crippen molar-refractivity contribution >= 4 is 11.8 Å². The number of Topliss-reactive ketones (excluding diaryl/α,β-unsaturated/α-hetero) is 1. The Morgan fingerprint density at radius 3 is 2.61 bits per heavy atom. The SMILES string of the molecule is COc1ccccc1-c1noc(C)c1C(=O)O[C@H]1C(C)=C[C@]23C(=O)[C@@H](C=C(CO)[C@@H](O)[C@]12O)[C@H]1[C@@H](C[C@H]3C)C1(C)C. The van der Waals surface area contributed by atoms with Crippen LogP contribution in [0, 0.1) is 41.4 Å². The van der Waals surface area contributed by atoms with Gasteiger partial charge < -0.3 is 29.3 Å². The van der Waals surface area contributed by atoms with Gasteiger partial charge in [-0.3, -0.25) is 4.79 Å². The fourth-order valence-electron chi connectivity index (χ4n) is 8.40. The minimum atomic E-state index is -2.23. The summed E-state index contributed by atoms with van der Waals surface area (Å²) in [7, 11) is 1.51. The molecule has 4 aliphatic rings. The number of ether oxygens (including phenoxy) is 2. The monoisotopic (exact) mass is 563 g/mol. The molecule has 9 heteroatoms. The first kappa shape index (κ1) is 27.9. The van der Waals surface area contributed by atoms with Gasteiger partial charge in [-0.1, -0.05) is 50.2 Å². The van der Waals surface area contributed by atoms with Gasteiger partial charge in [0, 0.05) is 11.5 Å². The van der Waals surface area contributed by atoms with Gasteiger partial charge >= 0.3 is 5.97 Å². The Labute approximate surface area is 238 Å². The van der Waals surface area contributed by atoms with Crippen LogP contribution in [0.15, 0.2) is 52.1 Å². The second-order valence-corrected chi connectivity index (χ2v) is 12.8. The molecule has 0 amide bonds. The largest absolute Gasteiger partial charge is 0.496 e. The van der Waals surface area contributed by atoms with Crippen molar-refractivity contribution in [2.45, 2.75) is 58.8 Å². The predicted octanol–water partition coefficient (Wildman–Crippen LogP) is 3.65. The van der Waals surface area contributed by atoms with Gasteiger partial charge in [-0.05, 0) is 66.7 Å². The number of aromatic nitrogens is 1. The smallest absolute Gasteiger partial charge is 0.344 e. The number of aliphatic hydroxyl groups is 3. The second kappa shape index (κ2) is 9.11. The molecule has 218 valence electrons. The molecule has 9 nitrogen and oxygen atoms in total. The van der Waals surface area contributed by atoms with Gasteiger partial charge in [0.15, 0.2) is 17.5 Å². The molecule has 2 fully saturated rings. The van der Waals surface area contributed by atoms with Crippen LogP contribution in [-0.2, 0) is 9.53 Å². The number of carbonyl (C=O) groups is 2. The molecule has 2 saturated carbocycles. The zero-order valence-corrected chi connectivity index (χ0v) is 24.2. The van der Waals surface area contributed by atoms with Crippen LogP contribution in [0.25, 0.3) is 11.3 Å². The van der Waals surface area contributed by atoms with Gasteiger partial charge in [-0.25, -0.2) is 4.79 Å². The van der Waals surface area contributed by atoms with E-state index in [-0.39, 0.29) is 51.5 Å². The molecular weight excluding hydrogens is 526 g/mol. The Bertz CT molecular complexity index is 1500. The Morgan fingerprint density at radius 2 is 1.93 bits per heavy atom. The average Bonchev–Trinajstić information content (AvgIpc) is 3.20. The highest BCUT2D eigenvalue weighted by Crippen LogP contribution is 2.71. The lowest BCUT2D eigenvalue weighted by Crippen LogP contribution is -2.65. The highest BCUT2D eigenvalue weighted by Gasteiger charge is 2.76. The molecular formula is C32H37NO8. The molecule has 1 spiro atoms. The summed E-state index contributed by atoms with van der Waals surface area (Å²) in [4.78, 5) is 28.4. The Balaban J connectivity index is 1.45. The molecule has 0 aliphatic heterocycles. The quantitative estimate of drug-likeness (QED) is 0.367. The van der Waals surface area contributed by atoms with Gasteiger partial charge in [-0.15, -0.1) is 0 Å². The summed E-state index contributed by atoms with van der Waals surface area (Å²) in [6.45, 7) is 8.94. The molecule has 8 atom stereocenters. The van der Waals surface area contributed by atoms with Crippen LogP contribution in [0.4, 0.5) is 0 Å². The van der Waals surface area contributed by atoms with E-state index in [0.717, 1.165) is 0 Å². The number of aliphatic hydroxyl groups excluding tert-OH is 2. The second-order valence-electron chi connectivity index (χ2n) is 12.8. The number of methoxy groups -OCH3 is 1. The van der Waals surface area contributed by atoms with Crippen molar-refractivity contribution in [2.24, 2.45) is 34.5 Å². The molecule has 3 N–H and O–H groups in total. The summed E-state index contributed by atoms with van der Waals surface area (Å²) in [5, 5.41) is 38.8. The lowest BCUT2D eigenvalue weighted by molar-refractivity contribution is -0.190. The number of ketones is 1. The summed E-state index contributed by atoms with van der Waals surface area (Å²) in [6.07, 6.45) is 1.02. The van der Waals surface area contributed by atoms with Crippen molar-refractivity contribution in [3.05, 3.63) is 58.9 Å². The summed E-state index contributed by atoms with van der Waals surface area (Å²) in [6, 6.07) is 7.04. The van der Waals surface area contributed by atoms with Crippen LogP contribution in [0.2, 0.25) is 0 Å². The number of fused-ring (bicyclic) bond motifs is 3. The molecule has 41 heavy (non-hydrogen) atoms. The van der Waals surface area contributed by atoms with Gasteiger partial charge in [-0.2, -0.15) is 0 Å². The third-order valence-corrected chi connectivity index (χ3v) is 10.6. The topological polar surface area (TPSA) is 139 Å². The van der Waals surface area contributed by atoms with Crippen LogP contribution in [-0.4, -0.2) is 63.8 Å². The third kappa shape index (κ3) is 3.49. The molecule has 6 rings (SSSR count). The lowest BCUT2D eigenvalue weighted by Gasteiger charge is -2.48. The fraction of sp³-hybridized carbons (Fsp3) is 0.531. The number of hydrogen-bond acceptors (Lipinski definition) is 9. The van der Waals surface area contributed by atoms with Crippen LogP contribution >= 0.6 is 0 Å². The molecule has 2 bridgehead atoms. The van der Waals surface area contributed by atoms with Crippen molar-refractivity contribution in [1.29, 1.82) is 0 Å². The highest BCUT2D eigenvalue weighted by molar-refractivity contribution is 5.99. The maximum Gasteiger partial charge on any atom is 0.344 e. The van der Waals surface area contributed by atoms with Gasteiger partial charge in [0.05, 0.1) is 19.1 Å². The molecule has 1 aromatic carbocycles. The maximum absolute atomic E-state index is 14.5. The average molecular weight is 564 g/mol. The van der Waals surface area contributed by atoms with E-state index < -0.39 is 41.7 Å². The molecule has 0 saturated heterocycles. The first-order valence-corrected chi connectivity index (χ1v) is 14.1. The number of hydrogen-bond donors (Lipinski definition) is 3. The number of aryl methyl sites for hydroxylation is 1. The number of benzene rings is 1. The molecule has 4 aliphatic carbocycles. The predicted molar refractivity (Wildman–Crippen MR) is 148 cm³/mol. The molecule has 0 radical (unpaired) electrons. The van der Waals surface area contributed by atoms with E-state index in [1.807, 2.05) is 6.92 Å². The Kier molecular flexibility index (Phi) is 6.20. The molecule has 0 unspecified atom stereocenters. The van der Waals surface area contributed by atoms with Crippen molar-refractivity contribution in [1.82, 2.24) is 5.16 Å². The van der Waals surface area contributed by atoms with Gasteiger partial charge in [0.25, 0.3) is 0 Å². The number of para-hydroxylation sites is 1. The van der Waals surface area contributed by atoms with Crippen LogP contribution < -0.4 is 4.74 Å². The van der Waals surface area contributed by atoms with Crippen molar-refractivity contribution in [2.75, 3.05) is 13.7 Å². The standard InChI is InChI=1S/C32H37NO8/c1-15-13-31-16(2)11-21-24(30(21,4)5)20(27(31)36)12-18(14-34)26(35)32(31,38)28(15)40-29(37)23-17(3)41-33-25(23)19-9-7-8-10-22(19)39-6/h7-10,12-13,16,20-21,24,26,28,34-35,38H,11,14H2,1-6H3/t16-,20+,21-,24+,26-,28+,31+,32+/m1/s1. The summed E-state index contributed by atoms with van der Waals surface area (Å²) in [5.74, 6) is -1.01. The van der Waals surface area contributed by atoms with E-state index in [1.54, 1.807) is 50.3 Å². The normalized spacial score (nSPS) is 36.8. The first-order valence-electron chi connectivity index (χ1n) is 14.1. The minimum Gasteiger partial charge on any atom is -0.496 e. The fourth-order valence-corrected chi connectivity index (χ4v) is 8.40. The lowest BCUT2D eigenvalue weighted by atomic mass is 9.59. The number of allylic oxidation sites excluding steroid dienone is 1. The summed E-state index contributed by atoms with van der Waals surface area (Å²) < 4.78 is 16.9. The minimum absolute atomic E-state index is 0.0336. The Hall–Kier alpha value is -3.27. The molecule has 1 aromatic heterocycles. The van der Waals surface area contributed by atoms with Crippen molar-refractivity contribution < 1.29 is 38.9 Å². The van der Waals surface area contributed by atoms with E-state index in [4.69, 9.17) is 14.0 Å². The van der Waals surface area contributed by atoms with Crippen LogP contribution in [0.5, 0.6) is 5.75 Å².